The molecular weight excluding hydrogens is 545 g/mol. The first-order valence-electron chi connectivity index (χ1n) is 12.9. The molecule has 3 aromatic carbocycles. The van der Waals surface area contributed by atoms with E-state index >= 15 is 0 Å². The lowest BCUT2D eigenvalue weighted by Gasteiger charge is -2.30. The van der Waals surface area contributed by atoms with Gasteiger partial charge in [0.25, 0.3) is 5.91 Å². The van der Waals surface area contributed by atoms with Gasteiger partial charge in [0.05, 0.1) is 16.0 Å². The second kappa shape index (κ2) is 11.0. The maximum atomic E-state index is 12.9. The summed E-state index contributed by atoms with van der Waals surface area (Å²) in [5.74, 6) is -0.400. The molecule has 1 aliphatic heterocycles. The van der Waals surface area contributed by atoms with Gasteiger partial charge in [-0.15, -0.1) is 0 Å². The van der Waals surface area contributed by atoms with E-state index in [1.807, 2.05) is 48.5 Å². The van der Waals surface area contributed by atoms with Gasteiger partial charge >= 0.3 is 13.2 Å². The van der Waals surface area contributed by atoms with E-state index in [1.54, 1.807) is 24.3 Å². The van der Waals surface area contributed by atoms with Crippen molar-refractivity contribution in [3.63, 3.8) is 0 Å². The number of anilines is 1. The first-order chi connectivity index (χ1) is 18.5. The van der Waals surface area contributed by atoms with E-state index in [2.05, 4.69) is 41.5 Å². The predicted molar refractivity (Wildman–Crippen MR) is 162 cm³/mol. The SMILES string of the molecule is CC(C)(C)c1cc2ccc1oc2=O.CC(C)(C)c1cccc(C=C2Sc3ccccc3N(CP(=O)(O)O)C2=O)c1. The zero-order chi connectivity index (χ0) is 29.5. The lowest BCUT2D eigenvalue weighted by atomic mass is 9.86. The second-order valence-electron chi connectivity index (χ2n) is 11.8. The smallest absolute Gasteiger partial charge is 0.345 e. The molecule has 40 heavy (non-hydrogen) atoms. The number of benzene rings is 3. The number of hydrogen-bond acceptors (Lipinski definition) is 5. The van der Waals surface area contributed by atoms with Crippen LogP contribution in [0, 0.1) is 0 Å². The average molecular weight is 580 g/mol. The van der Waals surface area contributed by atoms with E-state index in [0.29, 0.717) is 21.6 Å². The van der Waals surface area contributed by atoms with Crippen LogP contribution in [0.25, 0.3) is 17.0 Å². The van der Waals surface area contributed by atoms with Crippen LogP contribution in [-0.2, 0) is 20.2 Å². The molecule has 0 radical (unpaired) electrons. The number of carbonyl (C=O) groups is 1. The van der Waals surface area contributed by atoms with Crippen LogP contribution in [0.4, 0.5) is 5.69 Å². The molecule has 0 aliphatic carbocycles. The van der Waals surface area contributed by atoms with Gasteiger partial charge in [-0.25, -0.2) is 4.79 Å². The Bertz CT molecular complexity index is 1670. The molecule has 0 spiro atoms. The lowest BCUT2D eigenvalue weighted by molar-refractivity contribution is -0.114. The standard InChI is InChI=1S/C20H22NO4PS.C11H12O2/c1-20(2,3)15-8-6-7-14(11-15)12-18-19(22)21(13-26(23,24)25)16-9-4-5-10-17(16)27-18;1-11(2,3)8-6-7-4-5-9(8)13-10(7)12/h4-12H,13H2,1-3H3,(H2,23,24,25);4-6H,1-3H3. The molecule has 0 saturated heterocycles. The quantitative estimate of drug-likeness (QED) is 0.196. The number of hydrogen-bond donors (Lipinski definition) is 2. The molecule has 2 N–H and O–H groups in total. The Labute approximate surface area is 238 Å². The van der Waals surface area contributed by atoms with Crippen LogP contribution in [-0.4, -0.2) is 22.0 Å². The van der Waals surface area contributed by atoms with Gasteiger partial charge < -0.3 is 14.2 Å². The number of carbonyl (C=O) groups excluding carboxylic acids is 1. The summed E-state index contributed by atoms with van der Waals surface area (Å²) in [5.41, 5.74) is 4.15. The van der Waals surface area contributed by atoms with Crippen LogP contribution in [0.15, 0.2) is 85.7 Å². The average Bonchev–Trinajstić information content (AvgIpc) is 2.86. The molecular formula is C31H34NO6PS. The molecule has 2 aromatic heterocycles. The molecule has 9 heteroatoms. The van der Waals surface area contributed by atoms with Crippen molar-refractivity contribution in [1.82, 2.24) is 0 Å². The number of rotatable bonds is 3. The Morgan fingerprint density at radius 2 is 1.60 bits per heavy atom. The highest BCUT2D eigenvalue weighted by Gasteiger charge is 2.33. The lowest BCUT2D eigenvalue weighted by Crippen LogP contribution is -2.35. The van der Waals surface area contributed by atoms with Crippen molar-refractivity contribution in [1.29, 1.82) is 0 Å². The molecule has 0 fully saturated rings. The van der Waals surface area contributed by atoms with E-state index in [9.17, 15) is 23.9 Å². The zero-order valence-electron chi connectivity index (χ0n) is 23.5. The van der Waals surface area contributed by atoms with E-state index in [4.69, 9.17) is 4.42 Å². The third kappa shape index (κ3) is 6.94. The number of para-hydroxylation sites is 1. The van der Waals surface area contributed by atoms with E-state index < -0.39 is 19.8 Å². The number of thioether (sulfide) groups is 1. The molecule has 0 atom stereocenters. The molecule has 7 nitrogen and oxygen atoms in total. The molecule has 0 saturated carbocycles. The van der Waals surface area contributed by atoms with Gasteiger partial charge in [-0.3, -0.25) is 14.3 Å². The van der Waals surface area contributed by atoms with Crippen molar-refractivity contribution in [3.8, 4) is 0 Å². The molecule has 6 rings (SSSR count). The molecule has 3 heterocycles. The normalized spacial score (nSPS) is 15.2. The van der Waals surface area contributed by atoms with Crippen molar-refractivity contribution in [3.05, 3.63) is 98.7 Å². The summed E-state index contributed by atoms with van der Waals surface area (Å²) in [6.07, 6.45) is 1.15. The van der Waals surface area contributed by atoms with Gasteiger partial charge in [-0.05, 0) is 58.4 Å². The Balaban J connectivity index is 0.000000236. The monoisotopic (exact) mass is 579 g/mol. The van der Waals surface area contributed by atoms with Gasteiger partial charge in [0.15, 0.2) is 0 Å². The van der Waals surface area contributed by atoms with Crippen molar-refractivity contribution >= 4 is 48.0 Å². The van der Waals surface area contributed by atoms with Crippen molar-refractivity contribution < 1.29 is 23.6 Å². The van der Waals surface area contributed by atoms with Gasteiger partial charge in [-0.2, -0.15) is 0 Å². The number of amides is 1. The fraction of sp³-hybridized carbons (Fsp3) is 0.290. The summed E-state index contributed by atoms with van der Waals surface area (Å²) in [7, 11) is -4.40. The highest BCUT2D eigenvalue weighted by molar-refractivity contribution is 8.04. The van der Waals surface area contributed by atoms with Crippen LogP contribution in [0.3, 0.4) is 0 Å². The maximum absolute atomic E-state index is 12.9. The topological polar surface area (TPSA) is 108 Å². The van der Waals surface area contributed by atoms with Crippen LogP contribution < -0.4 is 10.5 Å². The third-order valence-corrected chi connectivity index (χ3v) is 8.16. The molecule has 1 aliphatic rings. The molecule has 5 aromatic rings. The Hall–Kier alpha value is -3.16. The first-order valence-corrected chi connectivity index (χ1v) is 15.5. The highest BCUT2D eigenvalue weighted by Crippen LogP contribution is 2.46. The van der Waals surface area contributed by atoms with Crippen LogP contribution >= 0.6 is 19.4 Å². The predicted octanol–water partition coefficient (Wildman–Crippen LogP) is 7.13. The van der Waals surface area contributed by atoms with Crippen molar-refractivity contribution in [2.24, 2.45) is 0 Å². The molecule has 2 bridgehead atoms. The summed E-state index contributed by atoms with van der Waals surface area (Å²) in [6.45, 7) is 12.7. The zero-order valence-corrected chi connectivity index (χ0v) is 25.2. The summed E-state index contributed by atoms with van der Waals surface area (Å²) in [6, 6.07) is 20.7. The summed E-state index contributed by atoms with van der Waals surface area (Å²) in [5, 5.41) is 0.653. The van der Waals surface area contributed by atoms with E-state index in [-0.39, 0.29) is 16.5 Å². The third-order valence-electron chi connectivity index (χ3n) is 6.43. The molecule has 1 amide bonds. The number of fused-ring (bicyclic) bond motifs is 4. The van der Waals surface area contributed by atoms with Crippen molar-refractivity contribution in [2.45, 2.75) is 57.3 Å². The van der Waals surface area contributed by atoms with Crippen LogP contribution in [0.1, 0.15) is 58.2 Å². The Morgan fingerprint density at radius 3 is 2.17 bits per heavy atom. The summed E-state index contributed by atoms with van der Waals surface area (Å²) >= 11 is 1.32. The minimum Gasteiger partial charge on any atom is -0.423 e. The van der Waals surface area contributed by atoms with E-state index in [1.165, 1.54) is 16.7 Å². The summed E-state index contributed by atoms with van der Waals surface area (Å²) in [4.78, 5) is 45.3. The fourth-order valence-electron chi connectivity index (χ4n) is 4.32. The molecule has 0 unspecified atom stereocenters. The minimum absolute atomic E-state index is 0.0166. The van der Waals surface area contributed by atoms with Gasteiger partial charge in [0, 0.05) is 10.5 Å². The van der Waals surface area contributed by atoms with E-state index in [0.717, 1.165) is 21.6 Å². The van der Waals surface area contributed by atoms with Crippen LogP contribution in [0.5, 0.6) is 0 Å². The number of nitrogens with zero attached hydrogens (tertiary/aromatic N) is 1. The Morgan fingerprint density at radius 1 is 0.900 bits per heavy atom. The Kier molecular flexibility index (Phi) is 8.21. The van der Waals surface area contributed by atoms with Crippen LogP contribution in [0.2, 0.25) is 0 Å². The molecule has 210 valence electrons. The fourth-order valence-corrected chi connectivity index (χ4v) is 6.03. The maximum Gasteiger partial charge on any atom is 0.345 e. The second-order valence-corrected chi connectivity index (χ2v) is 14.5. The highest BCUT2D eigenvalue weighted by atomic mass is 32.2. The minimum atomic E-state index is -4.40. The van der Waals surface area contributed by atoms with Crippen molar-refractivity contribution in [2.75, 3.05) is 11.2 Å². The first kappa shape index (κ1) is 29.8. The van der Waals surface area contributed by atoms with Gasteiger partial charge in [-0.1, -0.05) is 89.7 Å². The van der Waals surface area contributed by atoms with Gasteiger partial charge in [0.1, 0.15) is 11.9 Å². The van der Waals surface area contributed by atoms with Gasteiger partial charge in [0.2, 0.25) is 0 Å². The largest absolute Gasteiger partial charge is 0.423 e. The summed E-state index contributed by atoms with van der Waals surface area (Å²) < 4.78 is 16.7.